The molecular weight excluding hydrogens is 348 g/mol. The van der Waals surface area contributed by atoms with Crippen molar-refractivity contribution in [3.8, 4) is 0 Å². The summed E-state index contributed by atoms with van der Waals surface area (Å²) in [5.74, 6) is 0. The summed E-state index contributed by atoms with van der Waals surface area (Å²) in [4.78, 5) is 23.6. The molecule has 0 saturated carbocycles. The van der Waals surface area contributed by atoms with Crippen LogP contribution < -0.4 is 5.56 Å². The van der Waals surface area contributed by atoms with Crippen LogP contribution in [0.3, 0.4) is 0 Å². The van der Waals surface area contributed by atoms with Gasteiger partial charge in [0.2, 0.25) is 0 Å². The fourth-order valence-corrected chi connectivity index (χ4v) is 3.38. The van der Waals surface area contributed by atoms with Crippen LogP contribution in [0.4, 0.5) is 0 Å². The van der Waals surface area contributed by atoms with Gasteiger partial charge < -0.3 is 9.55 Å². The number of aromatic amines is 1. The number of halogens is 1. The molecule has 0 spiro atoms. The maximum Gasteiger partial charge on any atom is 0.270 e. The van der Waals surface area contributed by atoms with E-state index >= 15 is 0 Å². The smallest absolute Gasteiger partial charge is 0.270 e. The second kappa shape index (κ2) is 6.77. The number of fused-ring (bicyclic) bond motifs is 1. The van der Waals surface area contributed by atoms with Gasteiger partial charge in [0, 0.05) is 17.4 Å². The maximum atomic E-state index is 12.0. The predicted molar refractivity (Wildman–Crippen MR) is 103 cm³/mol. The van der Waals surface area contributed by atoms with Crippen molar-refractivity contribution in [2.24, 2.45) is 0 Å². The molecule has 0 radical (unpaired) electrons. The molecule has 0 amide bonds. The Morgan fingerprint density at radius 1 is 1.19 bits per heavy atom. The first-order valence-corrected chi connectivity index (χ1v) is 8.79. The Labute approximate surface area is 155 Å². The summed E-state index contributed by atoms with van der Waals surface area (Å²) in [5.41, 5.74) is 4.00. The number of H-pyrrole nitrogens is 1. The van der Waals surface area contributed by atoms with Gasteiger partial charge in [-0.3, -0.25) is 4.79 Å². The topological polar surface area (TPSA) is 63.6 Å². The van der Waals surface area contributed by atoms with Crippen molar-refractivity contribution in [2.45, 2.75) is 19.4 Å². The van der Waals surface area contributed by atoms with Crippen molar-refractivity contribution in [1.29, 1.82) is 0 Å². The highest BCUT2D eigenvalue weighted by Crippen LogP contribution is 2.29. The molecule has 0 aliphatic rings. The Morgan fingerprint density at radius 2 is 2.04 bits per heavy atom. The summed E-state index contributed by atoms with van der Waals surface area (Å²) in [6, 6.07) is 13.6. The molecule has 2 aromatic carbocycles. The van der Waals surface area contributed by atoms with Crippen molar-refractivity contribution in [1.82, 2.24) is 19.5 Å². The van der Waals surface area contributed by atoms with E-state index in [2.05, 4.69) is 15.0 Å². The van der Waals surface area contributed by atoms with Crippen LogP contribution in [0.25, 0.3) is 11.0 Å². The van der Waals surface area contributed by atoms with Gasteiger partial charge in [-0.15, -0.1) is 0 Å². The first-order chi connectivity index (χ1) is 12.7. The third-order valence-corrected chi connectivity index (χ3v) is 4.66. The van der Waals surface area contributed by atoms with Gasteiger partial charge in [-0.2, -0.15) is 0 Å². The number of aryl methyl sites for hydroxylation is 1. The number of aromatic nitrogens is 4. The molecule has 0 aliphatic heterocycles. The average molecular weight is 365 g/mol. The zero-order valence-corrected chi connectivity index (χ0v) is 14.9. The molecule has 2 aromatic heterocycles. The van der Waals surface area contributed by atoms with E-state index in [4.69, 9.17) is 11.6 Å². The largest absolute Gasteiger partial charge is 0.326 e. The summed E-state index contributed by atoms with van der Waals surface area (Å²) >= 11 is 6.21. The molecule has 5 nitrogen and oxygen atoms in total. The minimum atomic E-state index is -0.131. The molecule has 1 atom stereocenters. The fraction of sp³-hybridized carbons (Fsp3) is 0.150. The molecule has 1 N–H and O–H groups in total. The number of imidazole rings is 1. The normalized spacial score (nSPS) is 12.4. The lowest BCUT2D eigenvalue weighted by atomic mass is 9.98. The van der Waals surface area contributed by atoms with E-state index in [9.17, 15) is 4.79 Å². The fourth-order valence-electron chi connectivity index (χ4n) is 3.18. The summed E-state index contributed by atoms with van der Waals surface area (Å²) < 4.78 is 2.03. The zero-order valence-electron chi connectivity index (χ0n) is 14.2. The number of hydrogen-bond donors (Lipinski definition) is 1. The standard InChI is InChI=1S/C20H17ClN4O/c1-2-16-20(26)24-17-7-6-14(11-18(17)23-16)19(25-9-8-22-12-25)13-4-3-5-15(21)10-13/h3-12,19H,2H2,1H3,(H,24,26). The third kappa shape index (κ3) is 3.02. The Morgan fingerprint density at radius 3 is 2.77 bits per heavy atom. The van der Waals surface area contributed by atoms with Crippen molar-refractivity contribution in [3.63, 3.8) is 0 Å². The Balaban J connectivity index is 1.91. The highest BCUT2D eigenvalue weighted by atomic mass is 35.5. The number of nitrogens with one attached hydrogen (secondary N) is 1. The van der Waals surface area contributed by atoms with Crippen LogP contribution in [0.5, 0.6) is 0 Å². The monoisotopic (exact) mass is 364 g/mol. The van der Waals surface area contributed by atoms with Crippen molar-refractivity contribution in [3.05, 3.63) is 93.4 Å². The molecular formula is C20H17ClN4O. The Hall–Kier alpha value is -2.92. The van der Waals surface area contributed by atoms with E-state index in [0.717, 1.165) is 22.2 Å². The second-order valence-corrected chi connectivity index (χ2v) is 6.55. The highest BCUT2D eigenvalue weighted by molar-refractivity contribution is 6.30. The number of nitrogens with zero attached hydrogens (tertiary/aromatic N) is 3. The van der Waals surface area contributed by atoms with Gasteiger partial charge in [-0.25, -0.2) is 9.97 Å². The van der Waals surface area contributed by atoms with Gasteiger partial charge in [-0.05, 0) is 41.8 Å². The number of rotatable bonds is 4. The molecule has 26 heavy (non-hydrogen) atoms. The minimum Gasteiger partial charge on any atom is -0.326 e. The zero-order chi connectivity index (χ0) is 18.1. The molecule has 2 heterocycles. The lowest BCUT2D eigenvalue weighted by Crippen LogP contribution is -2.15. The average Bonchev–Trinajstić information content (AvgIpc) is 3.16. The van der Waals surface area contributed by atoms with Crippen LogP contribution in [0.2, 0.25) is 5.02 Å². The molecule has 130 valence electrons. The lowest BCUT2D eigenvalue weighted by molar-refractivity contribution is 0.677. The van der Waals surface area contributed by atoms with Crippen LogP contribution in [0.15, 0.2) is 66.0 Å². The van der Waals surface area contributed by atoms with E-state index in [1.54, 1.807) is 12.5 Å². The highest BCUT2D eigenvalue weighted by Gasteiger charge is 2.17. The van der Waals surface area contributed by atoms with Crippen LogP contribution in [0.1, 0.15) is 29.8 Å². The predicted octanol–water partition coefficient (Wildman–Crippen LogP) is 3.97. The molecule has 0 bridgehead atoms. The van der Waals surface area contributed by atoms with Crippen LogP contribution in [0, 0.1) is 0 Å². The second-order valence-electron chi connectivity index (χ2n) is 6.11. The van der Waals surface area contributed by atoms with Crippen molar-refractivity contribution in [2.75, 3.05) is 0 Å². The van der Waals surface area contributed by atoms with Crippen LogP contribution in [-0.4, -0.2) is 19.5 Å². The SMILES string of the molecule is CCc1nc2cc(C(c3cccc(Cl)c3)n3ccnc3)ccc2[nH]c1=O. The maximum absolute atomic E-state index is 12.0. The third-order valence-electron chi connectivity index (χ3n) is 4.43. The lowest BCUT2D eigenvalue weighted by Gasteiger charge is -2.20. The molecule has 0 fully saturated rings. The van der Waals surface area contributed by atoms with Gasteiger partial charge in [0.1, 0.15) is 5.69 Å². The van der Waals surface area contributed by atoms with E-state index < -0.39 is 0 Å². The Bertz CT molecular complexity index is 1120. The van der Waals surface area contributed by atoms with Crippen molar-refractivity contribution < 1.29 is 0 Å². The molecule has 0 aliphatic carbocycles. The summed E-state index contributed by atoms with van der Waals surface area (Å²) in [6.07, 6.45) is 6.05. The van der Waals surface area contributed by atoms with Gasteiger partial charge in [0.05, 0.1) is 23.4 Å². The molecule has 4 aromatic rings. The van der Waals surface area contributed by atoms with Gasteiger partial charge in [-0.1, -0.05) is 36.7 Å². The van der Waals surface area contributed by atoms with E-state index in [1.807, 2.05) is 60.2 Å². The molecule has 4 rings (SSSR count). The Kier molecular flexibility index (Phi) is 4.31. The summed E-state index contributed by atoms with van der Waals surface area (Å²) in [7, 11) is 0. The molecule has 6 heteroatoms. The molecule has 0 saturated heterocycles. The number of benzene rings is 2. The van der Waals surface area contributed by atoms with E-state index in [1.165, 1.54) is 0 Å². The van der Waals surface area contributed by atoms with E-state index in [-0.39, 0.29) is 11.6 Å². The van der Waals surface area contributed by atoms with Crippen LogP contribution >= 0.6 is 11.6 Å². The van der Waals surface area contributed by atoms with Gasteiger partial charge in [0.15, 0.2) is 0 Å². The quantitative estimate of drug-likeness (QED) is 0.596. The summed E-state index contributed by atoms with van der Waals surface area (Å²) in [5, 5.41) is 0.684. The van der Waals surface area contributed by atoms with Crippen LogP contribution in [-0.2, 0) is 6.42 Å². The minimum absolute atomic E-state index is 0.0839. The molecule has 1 unspecified atom stereocenters. The van der Waals surface area contributed by atoms with E-state index in [0.29, 0.717) is 17.1 Å². The van der Waals surface area contributed by atoms with Gasteiger partial charge >= 0.3 is 0 Å². The number of hydrogen-bond acceptors (Lipinski definition) is 3. The van der Waals surface area contributed by atoms with Gasteiger partial charge in [0.25, 0.3) is 5.56 Å². The first kappa shape index (κ1) is 16.5. The first-order valence-electron chi connectivity index (χ1n) is 8.41. The summed E-state index contributed by atoms with van der Waals surface area (Å²) in [6.45, 7) is 1.92. The van der Waals surface area contributed by atoms with Crippen molar-refractivity contribution >= 4 is 22.6 Å².